The van der Waals surface area contributed by atoms with Crippen LogP contribution in [0, 0.1) is 0 Å². The number of aliphatic hydroxyl groups excluding tert-OH is 1. The van der Waals surface area contributed by atoms with Gasteiger partial charge in [-0.05, 0) is 37.9 Å². The highest BCUT2D eigenvalue weighted by Crippen LogP contribution is 2.17. The van der Waals surface area contributed by atoms with Crippen molar-refractivity contribution in [2.24, 2.45) is 0 Å². The minimum absolute atomic E-state index is 0.0480. The van der Waals surface area contributed by atoms with Gasteiger partial charge in [-0.2, -0.15) is 0 Å². The number of nitrogens with one attached hydrogen (secondary N) is 1. The van der Waals surface area contributed by atoms with E-state index < -0.39 is 0 Å². The molecule has 2 heterocycles. The Bertz CT molecular complexity index is 419. The molecule has 5 heteroatoms. The van der Waals surface area contributed by atoms with Crippen LogP contribution in [0.1, 0.15) is 29.5 Å². The first-order valence-corrected chi connectivity index (χ1v) is 7.73. The number of aryl methyl sites for hydroxylation is 1. The lowest BCUT2D eigenvalue weighted by molar-refractivity contribution is -0.122. The van der Waals surface area contributed by atoms with Gasteiger partial charge in [0.1, 0.15) is 0 Å². The molecule has 0 saturated carbocycles. The zero-order valence-electron chi connectivity index (χ0n) is 11.4. The number of thiophene rings is 1. The van der Waals surface area contributed by atoms with E-state index >= 15 is 0 Å². The molecule has 19 heavy (non-hydrogen) atoms. The molecular formula is C14H22N2O2S. The molecule has 1 aliphatic rings. The molecule has 1 aliphatic heterocycles. The molecule has 0 radical (unpaired) electrons. The summed E-state index contributed by atoms with van der Waals surface area (Å²) in [5.74, 6) is 0.0480. The van der Waals surface area contributed by atoms with Crippen molar-refractivity contribution in [3.63, 3.8) is 0 Å². The van der Waals surface area contributed by atoms with Crippen molar-refractivity contribution in [1.82, 2.24) is 10.2 Å². The van der Waals surface area contributed by atoms with Crippen molar-refractivity contribution in [1.29, 1.82) is 0 Å². The highest BCUT2D eigenvalue weighted by atomic mass is 32.1. The SMILES string of the molecule is CCc1ccc(CNC(=O)CN2CCC[C@@H]2CO)s1. The van der Waals surface area contributed by atoms with E-state index in [-0.39, 0.29) is 18.6 Å². The highest BCUT2D eigenvalue weighted by molar-refractivity contribution is 7.11. The summed E-state index contributed by atoms with van der Waals surface area (Å²) < 4.78 is 0. The van der Waals surface area contributed by atoms with E-state index in [9.17, 15) is 9.90 Å². The van der Waals surface area contributed by atoms with Crippen LogP contribution in [0.2, 0.25) is 0 Å². The highest BCUT2D eigenvalue weighted by Gasteiger charge is 2.25. The van der Waals surface area contributed by atoms with Crippen molar-refractivity contribution in [2.45, 2.75) is 38.8 Å². The number of hydrogen-bond donors (Lipinski definition) is 2. The van der Waals surface area contributed by atoms with E-state index in [1.165, 1.54) is 9.75 Å². The molecule has 0 spiro atoms. The predicted octanol–water partition coefficient (Wildman–Crippen LogP) is 1.38. The smallest absolute Gasteiger partial charge is 0.234 e. The zero-order chi connectivity index (χ0) is 13.7. The van der Waals surface area contributed by atoms with Crippen LogP contribution in [-0.2, 0) is 17.8 Å². The summed E-state index contributed by atoms with van der Waals surface area (Å²) in [6.45, 7) is 4.21. The Balaban J connectivity index is 1.75. The van der Waals surface area contributed by atoms with Gasteiger partial charge < -0.3 is 10.4 Å². The van der Waals surface area contributed by atoms with Crippen LogP contribution in [0.3, 0.4) is 0 Å². The molecule has 1 fully saturated rings. The summed E-state index contributed by atoms with van der Waals surface area (Å²) in [6, 6.07) is 4.36. The maximum Gasteiger partial charge on any atom is 0.234 e. The summed E-state index contributed by atoms with van der Waals surface area (Å²) in [7, 11) is 0. The number of rotatable bonds is 6. The molecule has 2 N–H and O–H groups in total. The maximum absolute atomic E-state index is 11.9. The first kappa shape index (κ1) is 14.5. The fourth-order valence-corrected chi connectivity index (χ4v) is 3.34. The van der Waals surface area contributed by atoms with Crippen LogP contribution in [0.25, 0.3) is 0 Å². The lowest BCUT2D eigenvalue weighted by Crippen LogP contribution is -2.40. The molecule has 4 nitrogen and oxygen atoms in total. The Morgan fingerprint density at radius 2 is 2.32 bits per heavy atom. The third-order valence-corrected chi connectivity index (χ3v) is 4.81. The van der Waals surface area contributed by atoms with Gasteiger partial charge in [0, 0.05) is 15.8 Å². The normalized spacial score (nSPS) is 19.8. The fraction of sp³-hybridized carbons (Fsp3) is 0.643. The predicted molar refractivity (Wildman–Crippen MR) is 77.2 cm³/mol. The topological polar surface area (TPSA) is 52.6 Å². The van der Waals surface area contributed by atoms with E-state index in [1.54, 1.807) is 11.3 Å². The molecule has 1 amide bonds. The van der Waals surface area contributed by atoms with Gasteiger partial charge in [-0.1, -0.05) is 6.92 Å². The molecule has 0 unspecified atom stereocenters. The van der Waals surface area contributed by atoms with Crippen molar-refractivity contribution in [3.05, 3.63) is 21.9 Å². The Hall–Kier alpha value is -0.910. The maximum atomic E-state index is 11.9. The average molecular weight is 282 g/mol. The van der Waals surface area contributed by atoms with E-state index in [0.717, 1.165) is 25.8 Å². The Morgan fingerprint density at radius 1 is 1.53 bits per heavy atom. The fourth-order valence-electron chi connectivity index (χ4n) is 2.44. The molecule has 1 saturated heterocycles. The number of aliphatic hydroxyl groups is 1. The molecular weight excluding hydrogens is 260 g/mol. The summed E-state index contributed by atoms with van der Waals surface area (Å²) >= 11 is 1.75. The van der Waals surface area contributed by atoms with E-state index in [2.05, 4.69) is 29.3 Å². The number of nitrogens with zero attached hydrogens (tertiary/aromatic N) is 1. The number of carbonyl (C=O) groups is 1. The quantitative estimate of drug-likeness (QED) is 0.829. The average Bonchev–Trinajstić information content (AvgIpc) is 3.04. The van der Waals surface area contributed by atoms with Gasteiger partial charge in [0.05, 0.1) is 19.7 Å². The van der Waals surface area contributed by atoms with Crippen molar-refractivity contribution < 1.29 is 9.90 Å². The Morgan fingerprint density at radius 3 is 3.00 bits per heavy atom. The zero-order valence-corrected chi connectivity index (χ0v) is 12.2. The second-order valence-corrected chi connectivity index (χ2v) is 6.20. The molecule has 106 valence electrons. The summed E-state index contributed by atoms with van der Waals surface area (Å²) in [6.07, 6.45) is 3.11. The minimum atomic E-state index is 0.0480. The number of amides is 1. The largest absolute Gasteiger partial charge is 0.395 e. The van der Waals surface area contributed by atoms with Crippen LogP contribution in [0.15, 0.2) is 12.1 Å². The molecule has 1 aromatic rings. The molecule has 0 aliphatic carbocycles. The van der Waals surface area contributed by atoms with Gasteiger partial charge in [0.2, 0.25) is 5.91 Å². The van der Waals surface area contributed by atoms with Crippen LogP contribution in [-0.4, -0.2) is 41.7 Å². The van der Waals surface area contributed by atoms with Crippen LogP contribution in [0.5, 0.6) is 0 Å². The first-order valence-electron chi connectivity index (χ1n) is 6.92. The Kier molecular flexibility index (Phi) is 5.36. The molecule has 1 aromatic heterocycles. The van der Waals surface area contributed by atoms with Gasteiger partial charge >= 0.3 is 0 Å². The van der Waals surface area contributed by atoms with Gasteiger partial charge in [-0.25, -0.2) is 0 Å². The third-order valence-electron chi connectivity index (χ3n) is 3.58. The Labute approximate surface area is 118 Å². The van der Waals surface area contributed by atoms with Gasteiger partial charge in [0.25, 0.3) is 0 Å². The lowest BCUT2D eigenvalue weighted by atomic mass is 10.2. The van der Waals surface area contributed by atoms with Crippen LogP contribution >= 0.6 is 11.3 Å². The van der Waals surface area contributed by atoms with Gasteiger partial charge in [-0.15, -0.1) is 11.3 Å². The van der Waals surface area contributed by atoms with Crippen molar-refractivity contribution in [3.8, 4) is 0 Å². The van der Waals surface area contributed by atoms with Crippen molar-refractivity contribution in [2.75, 3.05) is 19.7 Å². The number of likely N-dealkylation sites (tertiary alicyclic amines) is 1. The molecule has 1 atom stereocenters. The minimum Gasteiger partial charge on any atom is -0.395 e. The van der Waals surface area contributed by atoms with Crippen LogP contribution < -0.4 is 5.32 Å². The standard InChI is InChI=1S/C14H22N2O2S/c1-2-12-5-6-13(19-12)8-15-14(18)9-16-7-3-4-11(16)10-17/h5-6,11,17H,2-4,7-10H2,1H3,(H,15,18)/t11-/m1/s1. The second-order valence-electron chi connectivity index (χ2n) is 4.95. The summed E-state index contributed by atoms with van der Waals surface area (Å²) in [5.41, 5.74) is 0. The van der Waals surface area contributed by atoms with Crippen molar-refractivity contribution >= 4 is 17.2 Å². The van der Waals surface area contributed by atoms with E-state index in [1.807, 2.05) is 0 Å². The first-order chi connectivity index (χ1) is 9.22. The lowest BCUT2D eigenvalue weighted by Gasteiger charge is -2.21. The third kappa shape index (κ3) is 4.03. The molecule has 0 aromatic carbocycles. The monoisotopic (exact) mass is 282 g/mol. The second kappa shape index (κ2) is 7.03. The van der Waals surface area contributed by atoms with Gasteiger partial charge in [-0.3, -0.25) is 9.69 Å². The van der Waals surface area contributed by atoms with Crippen LogP contribution in [0.4, 0.5) is 0 Å². The molecule has 0 bridgehead atoms. The van der Waals surface area contributed by atoms with E-state index in [4.69, 9.17) is 0 Å². The number of carbonyl (C=O) groups excluding carboxylic acids is 1. The number of hydrogen-bond acceptors (Lipinski definition) is 4. The summed E-state index contributed by atoms with van der Waals surface area (Å²) in [4.78, 5) is 16.5. The van der Waals surface area contributed by atoms with E-state index in [0.29, 0.717) is 13.1 Å². The molecule has 2 rings (SSSR count). The summed E-state index contributed by atoms with van der Waals surface area (Å²) in [5, 5.41) is 12.2. The van der Waals surface area contributed by atoms with Gasteiger partial charge in [0.15, 0.2) is 0 Å².